The Bertz CT molecular complexity index is 486. The van der Waals surface area contributed by atoms with E-state index in [1.807, 2.05) is 26.0 Å². The zero-order valence-corrected chi connectivity index (χ0v) is 16.5. The minimum atomic E-state index is -0.185. The zero-order chi connectivity index (χ0) is 16.1. The van der Waals surface area contributed by atoms with Gasteiger partial charge in [-0.1, -0.05) is 26.0 Å². The van der Waals surface area contributed by atoms with Crippen molar-refractivity contribution in [2.24, 2.45) is 17.6 Å². The highest BCUT2D eigenvalue weighted by atomic mass is 35.5. The smallest absolute Gasteiger partial charge is 0.228 e. The van der Waals surface area contributed by atoms with Crippen LogP contribution < -0.4 is 11.1 Å². The molecule has 4 nitrogen and oxygen atoms in total. The van der Waals surface area contributed by atoms with Gasteiger partial charge < -0.3 is 11.1 Å². The van der Waals surface area contributed by atoms with Crippen molar-refractivity contribution in [2.45, 2.75) is 46.2 Å². The maximum Gasteiger partial charge on any atom is 0.228 e. The number of benzene rings is 1. The molecular formula is C18H31Cl2N3O. The fourth-order valence-electron chi connectivity index (χ4n) is 2.67. The normalized spacial score (nSPS) is 18.0. The topological polar surface area (TPSA) is 58.4 Å². The summed E-state index contributed by atoms with van der Waals surface area (Å²) in [5.41, 5.74) is 7.90. The lowest BCUT2D eigenvalue weighted by Crippen LogP contribution is -2.34. The van der Waals surface area contributed by atoms with Gasteiger partial charge in [-0.25, -0.2) is 0 Å². The van der Waals surface area contributed by atoms with Crippen LogP contribution in [0.4, 0.5) is 5.69 Å². The summed E-state index contributed by atoms with van der Waals surface area (Å²) in [5, 5.41) is 2.93. The van der Waals surface area contributed by atoms with E-state index in [1.54, 1.807) is 0 Å². The Hall–Kier alpha value is -0.810. The molecule has 0 bridgehead atoms. The highest BCUT2D eigenvalue weighted by Gasteiger charge is 2.17. The summed E-state index contributed by atoms with van der Waals surface area (Å²) >= 11 is 0. The average molecular weight is 376 g/mol. The van der Waals surface area contributed by atoms with Crippen molar-refractivity contribution in [3.8, 4) is 0 Å². The Morgan fingerprint density at radius 3 is 2.25 bits per heavy atom. The molecule has 0 aromatic heterocycles. The molecule has 6 heteroatoms. The number of carbonyl (C=O) groups excluding carboxylic acids is 1. The Morgan fingerprint density at radius 1 is 1.21 bits per heavy atom. The number of nitrogens with zero attached hydrogens (tertiary/aromatic N) is 1. The first-order valence-corrected chi connectivity index (χ1v) is 8.33. The van der Waals surface area contributed by atoms with Gasteiger partial charge in [-0.15, -0.1) is 24.8 Å². The summed E-state index contributed by atoms with van der Waals surface area (Å²) in [6.45, 7) is 9.41. The number of hydrogen-bond donors (Lipinski definition) is 2. The van der Waals surface area contributed by atoms with E-state index in [-0.39, 0.29) is 42.7 Å². The van der Waals surface area contributed by atoms with Crippen molar-refractivity contribution in [1.29, 1.82) is 0 Å². The van der Waals surface area contributed by atoms with Crippen LogP contribution >= 0.6 is 24.8 Å². The van der Waals surface area contributed by atoms with E-state index >= 15 is 0 Å². The summed E-state index contributed by atoms with van der Waals surface area (Å²) in [6.07, 6.45) is 2.59. The average Bonchev–Trinajstić information content (AvgIpc) is 2.50. The minimum absolute atomic E-state index is 0. The van der Waals surface area contributed by atoms with Crippen LogP contribution in [0.3, 0.4) is 0 Å². The maximum atomic E-state index is 12.0. The number of halogens is 2. The van der Waals surface area contributed by atoms with Crippen molar-refractivity contribution in [3.05, 3.63) is 29.8 Å². The van der Waals surface area contributed by atoms with Crippen LogP contribution in [0, 0.1) is 11.8 Å². The number of carbonyl (C=O) groups is 1. The number of amides is 1. The van der Waals surface area contributed by atoms with Crippen LogP contribution in [-0.4, -0.2) is 29.9 Å². The second kappa shape index (κ2) is 10.9. The zero-order valence-electron chi connectivity index (χ0n) is 14.8. The lowest BCUT2D eigenvalue weighted by molar-refractivity contribution is -0.119. The van der Waals surface area contributed by atoms with Gasteiger partial charge in [-0.05, 0) is 56.5 Å². The molecule has 1 heterocycles. The van der Waals surface area contributed by atoms with Crippen molar-refractivity contribution in [1.82, 2.24) is 4.90 Å². The SMILES string of the molecule is CC1CCN(Cc2ccc(NC(=O)C(C)C(C)N)cc2)CC1.Cl.Cl. The summed E-state index contributed by atoms with van der Waals surface area (Å²) < 4.78 is 0. The van der Waals surface area contributed by atoms with E-state index in [0.29, 0.717) is 0 Å². The molecule has 2 rings (SSSR count). The molecule has 0 radical (unpaired) electrons. The van der Waals surface area contributed by atoms with Gasteiger partial charge in [-0.2, -0.15) is 0 Å². The number of hydrogen-bond acceptors (Lipinski definition) is 3. The van der Waals surface area contributed by atoms with Crippen LogP contribution in [0.5, 0.6) is 0 Å². The summed E-state index contributed by atoms with van der Waals surface area (Å²) in [4.78, 5) is 14.5. The second-order valence-corrected chi connectivity index (χ2v) is 6.79. The molecule has 0 spiro atoms. The number of piperidine rings is 1. The first-order valence-electron chi connectivity index (χ1n) is 8.33. The van der Waals surface area contributed by atoms with E-state index in [0.717, 1.165) is 18.2 Å². The highest BCUT2D eigenvalue weighted by molar-refractivity contribution is 5.92. The molecule has 1 aliphatic rings. The van der Waals surface area contributed by atoms with Crippen LogP contribution in [-0.2, 0) is 11.3 Å². The molecule has 3 N–H and O–H groups in total. The van der Waals surface area contributed by atoms with E-state index in [1.165, 1.54) is 31.5 Å². The number of rotatable bonds is 5. The fourth-order valence-corrected chi connectivity index (χ4v) is 2.67. The Labute approximate surface area is 158 Å². The Kier molecular flexibility index (Phi) is 10.6. The van der Waals surface area contributed by atoms with Gasteiger partial charge in [0.1, 0.15) is 0 Å². The van der Waals surface area contributed by atoms with Gasteiger partial charge in [0.25, 0.3) is 0 Å². The van der Waals surface area contributed by atoms with Crippen LogP contribution in [0.1, 0.15) is 39.2 Å². The number of nitrogens with two attached hydrogens (primary N) is 1. The van der Waals surface area contributed by atoms with Gasteiger partial charge in [-0.3, -0.25) is 9.69 Å². The molecule has 2 unspecified atom stereocenters. The monoisotopic (exact) mass is 375 g/mol. The molecular weight excluding hydrogens is 345 g/mol. The van der Waals surface area contributed by atoms with Crippen molar-refractivity contribution in [3.63, 3.8) is 0 Å². The third-order valence-electron chi connectivity index (χ3n) is 4.71. The van der Waals surface area contributed by atoms with Crippen LogP contribution in [0.15, 0.2) is 24.3 Å². The van der Waals surface area contributed by atoms with Gasteiger partial charge in [0.05, 0.1) is 5.92 Å². The molecule has 1 aromatic carbocycles. The van der Waals surface area contributed by atoms with E-state index in [9.17, 15) is 4.79 Å². The first kappa shape index (κ1) is 23.2. The van der Waals surface area contributed by atoms with Crippen LogP contribution in [0.2, 0.25) is 0 Å². The van der Waals surface area contributed by atoms with E-state index < -0.39 is 0 Å². The summed E-state index contributed by atoms with van der Waals surface area (Å²) in [5.74, 6) is 0.656. The standard InChI is InChI=1S/C18H29N3O.2ClH/c1-13-8-10-21(11-9-13)12-16-4-6-17(7-5-16)20-18(22)14(2)15(3)19;;/h4-7,13-15H,8-12,19H2,1-3H3,(H,20,22);2*1H. The number of anilines is 1. The summed E-state index contributed by atoms with van der Waals surface area (Å²) in [7, 11) is 0. The van der Waals surface area contributed by atoms with E-state index in [4.69, 9.17) is 5.73 Å². The lowest BCUT2D eigenvalue weighted by Gasteiger charge is -2.30. The maximum absolute atomic E-state index is 12.0. The largest absolute Gasteiger partial charge is 0.327 e. The van der Waals surface area contributed by atoms with Crippen LogP contribution in [0.25, 0.3) is 0 Å². The predicted molar refractivity (Wildman–Crippen MR) is 106 cm³/mol. The molecule has 1 aliphatic heterocycles. The molecule has 1 amide bonds. The molecule has 2 atom stereocenters. The third kappa shape index (κ3) is 6.98. The molecule has 0 aliphatic carbocycles. The third-order valence-corrected chi connectivity index (χ3v) is 4.71. The quantitative estimate of drug-likeness (QED) is 0.824. The molecule has 1 fully saturated rings. The molecule has 138 valence electrons. The molecule has 0 saturated carbocycles. The fraction of sp³-hybridized carbons (Fsp3) is 0.611. The molecule has 1 aromatic rings. The lowest BCUT2D eigenvalue weighted by atomic mass is 9.99. The number of nitrogens with one attached hydrogen (secondary N) is 1. The van der Waals surface area contributed by atoms with Gasteiger partial charge >= 0.3 is 0 Å². The second-order valence-electron chi connectivity index (χ2n) is 6.79. The number of likely N-dealkylation sites (tertiary alicyclic amines) is 1. The van der Waals surface area contributed by atoms with Gasteiger partial charge in [0.15, 0.2) is 0 Å². The minimum Gasteiger partial charge on any atom is -0.327 e. The van der Waals surface area contributed by atoms with Gasteiger partial charge in [0, 0.05) is 18.3 Å². The van der Waals surface area contributed by atoms with Gasteiger partial charge in [0.2, 0.25) is 5.91 Å². The van der Waals surface area contributed by atoms with Crippen molar-refractivity contribution in [2.75, 3.05) is 18.4 Å². The van der Waals surface area contributed by atoms with E-state index in [2.05, 4.69) is 29.3 Å². The predicted octanol–water partition coefficient (Wildman–Crippen LogP) is 3.68. The Balaban J connectivity index is 0.00000264. The van der Waals surface area contributed by atoms with Crippen molar-refractivity contribution < 1.29 is 4.79 Å². The molecule has 1 saturated heterocycles. The molecule has 24 heavy (non-hydrogen) atoms. The highest BCUT2D eigenvalue weighted by Crippen LogP contribution is 2.19. The summed E-state index contributed by atoms with van der Waals surface area (Å²) in [6, 6.07) is 8.02. The Morgan fingerprint density at radius 2 is 1.75 bits per heavy atom. The van der Waals surface area contributed by atoms with Crippen molar-refractivity contribution >= 4 is 36.4 Å². The first-order chi connectivity index (χ1) is 10.5.